The van der Waals surface area contributed by atoms with E-state index in [-0.39, 0.29) is 0 Å². The summed E-state index contributed by atoms with van der Waals surface area (Å²) < 4.78 is 384. The van der Waals surface area contributed by atoms with Crippen molar-refractivity contribution in [3.05, 3.63) is 0 Å². The van der Waals surface area contributed by atoms with E-state index in [1.165, 1.54) is 9.47 Å². The van der Waals surface area contributed by atoms with Gasteiger partial charge in [0.25, 0.3) is 0 Å². The molecule has 0 spiro atoms. The molecule has 2 heterocycles. The number of halogens is 28. The molecular formula is C14F28N2O2. The highest BCUT2D eigenvalue weighted by atomic mass is 19.4. The monoisotopic (exact) mass is 760 g/mol. The summed E-state index contributed by atoms with van der Waals surface area (Å²) in [6.45, 7) is 0. The third kappa shape index (κ3) is 4.35. The Balaban J connectivity index is 2.89. The van der Waals surface area contributed by atoms with E-state index in [9.17, 15) is 123 Å². The Morgan fingerprint density at radius 3 is 0.587 bits per heavy atom. The van der Waals surface area contributed by atoms with Crippen molar-refractivity contribution in [2.24, 2.45) is 0 Å². The fraction of sp³-hybridized carbons (Fsp3) is 1.00. The van der Waals surface area contributed by atoms with Gasteiger partial charge in [-0.1, -0.05) is 9.80 Å². The Morgan fingerprint density at radius 2 is 0.435 bits per heavy atom. The van der Waals surface area contributed by atoms with Crippen molar-refractivity contribution in [3.8, 4) is 0 Å². The number of alkyl halides is 28. The van der Waals surface area contributed by atoms with Crippen molar-refractivity contribution < 1.29 is 132 Å². The summed E-state index contributed by atoms with van der Waals surface area (Å²) in [4.78, 5) is -10.2. The first-order valence-electron chi connectivity index (χ1n) is 9.70. The lowest BCUT2D eigenvalue weighted by molar-refractivity contribution is -0.604. The van der Waals surface area contributed by atoms with E-state index in [4.69, 9.17) is 0 Å². The van der Waals surface area contributed by atoms with Crippen LogP contribution in [0.3, 0.4) is 0 Å². The zero-order chi connectivity index (χ0) is 37.6. The van der Waals surface area contributed by atoms with E-state index in [0.29, 0.717) is 0 Å². The lowest BCUT2D eigenvalue weighted by Crippen LogP contribution is -2.84. The van der Waals surface area contributed by atoms with Crippen molar-refractivity contribution in [2.75, 3.05) is 0 Å². The summed E-state index contributed by atoms with van der Waals surface area (Å²) in [5.41, 5.74) is 0. The van der Waals surface area contributed by atoms with Gasteiger partial charge in [0.05, 0.1) is 0 Å². The van der Waals surface area contributed by atoms with Crippen LogP contribution in [0.25, 0.3) is 0 Å². The summed E-state index contributed by atoms with van der Waals surface area (Å²) in [6, 6.07) is -51.9. The Kier molecular flexibility index (Phi) is 8.11. The molecule has 0 aliphatic carbocycles. The number of hydrogen-bond donors (Lipinski definition) is 0. The molecule has 0 saturated carbocycles. The summed E-state index contributed by atoms with van der Waals surface area (Å²) >= 11 is 0. The van der Waals surface area contributed by atoms with Gasteiger partial charge in [0.15, 0.2) is 0 Å². The van der Waals surface area contributed by atoms with E-state index >= 15 is 0 Å². The number of morpholine rings is 2. The summed E-state index contributed by atoms with van der Waals surface area (Å²) in [5.74, 6) is -38.9. The van der Waals surface area contributed by atoms with Gasteiger partial charge < -0.3 is 0 Å². The van der Waals surface area contributed by atoms with Gasteiger partial charge in [-0.2, -0.15) is 123 Å². The average Bonchev–Trinajstić information content (AvgIpc) is 2.73. The Bertz CT molecular complexity index is 1060. The number of ether oxygens (including phenoxy) is 2. The maximum absolute atomic E-state index is 14.1. The first kappa shape index (κ1) is 40.1. The van der Waals surface area contributed by atoms with Crippen LogP contribution in [-0.4, -0.2) is 94.2 Å². The second kappa shape index (κ2) is 9.31. The van der Waals surface area contributed by atoms with Gasteiger partial charge in [0, 0.05) is 0 Å². The third-order valence-electron chi connectivity index (χ3n) is 5.54. The summed E-state index contributed by atoms with van der Waals surface area (Å²) in [6.07, 6.45) is -30.9. The van der Waals surface area contributed by atoms with Crippen LogP contribution in [-0.2, 0) is 9.47 Å². The Hall–Kier alpha value is -2.12. The molecule has 0 aromatic rings. The maximum atomic E-state index is 14.1. The van der Waals surface area contributed by atoms with Crippen molar-refractivity contribution in [1.29, 1.82) is 0 Å². The van der Waals surface area contributed by atoms with Crippen LogP contribution in [0.15, 0.2) is 0 Å². The second-order valence-electron chi connectivity index (χ2n) is 8.49. The number of nitrogens with zero attached hydrogens (tertiary/aromatic N) is 2. The van der Waals surface area contributed by atoms with Crippen LogP contribution < -0.4 is 0 Å². The maximum Gasteiger partial charge on any atom is 0.439 e. The highest BCUT2D eigenvalue weighted by molar-refractivity contribution is 5.15. The molecule has 2 fully saturated rings. The van der Waals surface area contributed by atoms with Crippen LogP contribution in [0.1, 0.15) is 0 Å². The lowest BCUT2D eigenvalue weighted by Gasteiger charge is -2.53. The van der Waals surface area contributed by atoms with E-state index in [1.54, 1.807) is 0 Å². The van der Waals surface area contributed by atoms with Crippen molar-refractivity contribution in [3.63, 3.8) is 0 Å². The molecule has 32 heteroatoms. The number of hydrogen-bond acceptors (Lipinski definition) is 4. The molecule has 0 unspecified atom stereocenters. The molecule has 2 saturated heterocycles. The molecule has 2 aliphatic heterocycles. The normalized spacial score (nSPS) is 28.2. The Labute approximate surface area is 228 Å². The fourth-order valence-electron chi connectivity index (χ4n) is 3.20. The van der Waals surface area contributed by atoms with Gasteiger partial charge in [0.2, 0.25) is 0 Å². The topological polar surface area (TPSA) is 24.9 Å². The van der Waals surface area contributed by atoms with E-state index in [1.807, 2.05) is 0 Å². The molecule has 0 amide bonds. The van der Waals surface area contributed by atoms with Crippen LogP contribution in [0, 0.1) is 0 Å². The first-order valence-corrected chi connectivity index (χ1v) is 9.70. The minimum absolute atomic E-state index is 1.40. The first-order chi connectivity index (χ1) is 19.4. The second-order valence-corrected chi connectivity index (χ2v) is 8.49. The smallest absolute Gasteiger partial charge is 0.243 e. The molecule has 0 radical (unpaired) electrons. The summed E-state index contributed by atoms with van der Waals surface area (Å²) in [5, 5.41) is 0. The van der Waals surface area contributed by atoms with E-state index in [2.05, 4.69) is 0 Å². The fourth-order valence-corrected chi connectivity index (χ4v) is 3.20. The highest BCUT2D eigenvalue weighted by Crippen LogP contribution is 2.68. The van der Waals surface area contributed by atoms with Gasteiger partial charge >= 0.3 is 84.4 Å². The van der Waals surface area contributed by atoms with Crippen LogP contribution in [0.4, 0.5) is 123 Å². The highest BCUT2D eigenvalue weighted by Gasteiger charge is 2.99. The predicted octanol–water partition coefficient (Wildman–Crippen LogP) is 8.12. The molecule has 2 rings (SSSR count). The quantitative estimate of drug-likeness (QED) is 0.194. The van der Waals surface area contributed by atoms with Gasteiger partial charge in [-0.15, -0.1) is 0 Å². The SMILES string of the molecule is FC1(F)OC(F)(F)C(F)(F)N(C(F)(F)C(F)(F)C(F)(F)C(F)(F)C(F)(F)C(F)(F)N2C(F)(F)C(F)(F)OC(F)(F)C2(F)F)C1(F)F. The van der Waals surface area contributed by atoms with Crippen molar-refractivity contribution >= 4 is 0 Å². The minimum Gasteiger partial charge on any atom is -0.243 e. The van der Waals surface area contributed by atoms with Gasteiger partial charge in [-0.25, -0.2) is 9.47 Å². The van der Waals surface area contributed by atoms with Crippen LogP contribution >= 0.6 is 0 Å². The Morgan fingerprint density at radius 1 is 0.283 bits per heavy atom. The molecule has 2 aliphatic rings. The molecular weight excluding hydrogens is 760 g/mol. The standard InChI is InChI=1S/C14F28N2O2/c15-1(16,3(19,20)5(23,24)43-7(27,28)11(35,36)45-12(37,38)8(43,29)30)2(17,18)4(21,22)6(25,26)44-9(31,32)13(39,40)46-14(41,42)10(44,33)34. The molecule has 0 bridgehead atoms. The molecule has 274 valence electrons. The zero-order valence-electron chi connectivity index (χ0n) is 19.3. The number of rotatable bonds is 7. The zero-order valence-corrected chi connectivity index (χ0v) is 19.3. The van der Waals surface area contributed by atoms with Gasteiger partial charge in [-0.3, -0.25) is 0 Å². The van der Waals surface area contributed by atoms with Crippen molar-refractivity contribution in [1.82, 2.24) is 9.80 Å². The predicted molar refractivity (Wildman–Crippen MR) is 75.1 cm³/mol. The molecule has 4 nitrogen and oxygen atoms in total. The average molecular weight is 760 g/mol. The van der Waals surface area contributed by atoms with Crippen LogP contribution in [0.5, 0.6) is 0 Å². The van der Waals surface area contributed by atoms with E-state index < -0.39 is 94.2 Å². The summed E-state index contributed by atoms with van der Waals surface area (Å²) in [7, 11) is 0. The molecule has 46 heavy (non-hydrogen) atoms. The van der Waals surface area contributed by atoms with Gasteiger partial charge in [-0.05, 0) is 0 Å². The largest absolute Gasteiger partial charge is 0.439 e. The van der Waals surface area contributed by atoms with Crippen molar-refractivity contribution in [2.45, 2.75) is 84.4 Å². The third-order valence-corrected chi connectivity index (χ3v) is 5.54. The molecule has 0 aromatic carbocycles. The van der Waals surface area contributed by atoms with Crippen LogP contribution in [0.2, 0.25) is 0 Å². The van der Waals surface area contributed by atoms with E-state index in [0.717, 1.165) is 0 Å². The minimum atomic E-state index is -9.78. The molecule has 0 aromatic heterocycles. The lowest BCUT2D eigenvalue weighted by atomic mass is 9.93. The van der Waals surface area contributed by atoms with Gasteiger partial charge in [0.1, 0.15) is 0 Å². The molecule has 0 N–H and O–H groups in total. The molecule has 0 atom stereocenters.